The minimum Gasteiger partial charge on any atom is -0.390 e. The van der Waals surface area contributed by atoms with Gasteiger partial charge in [-0.1, -0.05) is 13.8 Å². The Labute approximate surface area is 127 Å². The number of anilines is 1. The predicted octanol–water partition coefficient (Wildman–Crippen LogP) is 0.365. The summed E-state index contributed by atoms with van der Waals surface area (Å²) in [5, 5.41) is 27.5. The first-order chi connectivity index (χ1) is 10.3. The van der Waals surface area contributed by atoms with Crippen LogP contribution < -0.4 is 11.1 Å². The maximum Gasteiger partial charge on any atom is 0.252 e. The fraction of sp³-hybridized carbons (Fsp3) is 0.467. The monoisotopic (exact) mass is 304 g/mol. The van der Waals surface area contributed by atoms with E-state index in [2.05, 4.69) is 10.4 Å². The molecule has 1 aliphatic carbocycles. The van der Waals surface area contributed by atoms with Gasteiger partial charge in [-0.05, 0) is 18.6 Å². The highest BCUT2D eigenvalue weighted by atomic mass is 16.3. The number of hydrogen-bond donors (Lipinski definition) is 4. The fourth-order valence-electron chi connectivity index (χ4n) is 3.13. The Morgan fingerprint density at radius 3 is 2.82 bits per heavy atom. The Morgan fingerprint density at radius 1 is 1.50 bits per heavy atom. The molecule has 2 aromatic rings. The van der Waals surface area contributed by atoms with Gasteiger partial charge in [-0.3, -0.25) is 4.79 Å². The normalized spacial score (nSPS) is 27.2. The predicted molar refractivity (Wildman–Crippen MR) is 81.5 cm³/mol. The van der Waals surface area contributed by atoms with Crippen molar-refractivity contribution < 1.29 is 15.0 Å². The minimum absolute atomic E-state index is 0.198. The second-order valence-electron chi connectivity index (χ2n) is 6.40. The molecule has 0 radical (unpaired) electrons. The first kappa shape index (κ1) is 14.8. The molecule has 1 aliphatic rings. The molecule has 1 amide bonds. The number of primary amides is 1. The first-order valence-electron chi connectivity index (χ1n) is 7.21. The number of nitrogens with one attached hydrogen (secondary N) is 1. The van der Waals surface area contributed by atoms with Crippen LogP contribution in [-0.4, -0.2) is 44.0 Å². The molecular weight excluding hydrogens is 284 g/mol. The summed E-state index contributed by atoms with van der Waals surface area (Å²) in [6.07, 6.45) is 1.96. The second-order valence-corrected chi connectivity index (χ2v) is 6.40. The third-order valence-electron chi connectivity index (χ3n) is 4.65. The molecule has 118 valence electrons. The van der Waals surface area contributed by atoms with Crippen LogP contribution in [0.1, 0.15) is 30.6 Å². The van der Waals surface area contributed by atoms with E-state index in [9.17, 15) is 15.0 Å². The van der Waals surface area contributed by atoms with E-state index in [1.165, 1.54) is 6.20 Å². The third kappa shape index (κ3) is 2.13. The van der Waals surface area contributed by atoms with Crippen LogP contribution >= 0.6 is 0 Å². The van der Waals surface area contributed by atoms with Gasteiger partial charge < -0.3 is 21.3 Å². The number of carbonyl (C=O) groups is 1. The zero-order valence-corrected chi connectivity index (χ0v) is 12.5. The molecule has 1 fully saturated rings. The van der Waals surface area contributed by atoms with Crippen LogP contribution in [0.4, 0.5) is 5.69 Å². The molecule has 22 heavy (non-hydrogen) atoms. The summed E-state index contributed by atoms with van der Waals surface area (Å²) in [6, 6.07) is 3.45. The van der Waals surface area contributed by atoms with Gasteiger partial charge in [0.05, 0.1) is 35.2 Å². The Morgan fingerprint density at radius 2 is 2.23 bits per heavy atom. The number of fused-ring (bicyclic) bond motifs is 1. The lowest BCUT2D eigenvalue weighted by Crippen LogP contribution is -2.39. The molecule has 0 aliphatic heterocycles. The van der Waals surface area contributed by atoms with E-state index in [0.717, 1.165) is 5.52 Å². The van der Waals surface area contributed by atoms with E-state index >= 15 is 0 Å². The van der Waals surface area contributed by atoms with Crippen LogP contribution in [0.15, 0.2) is 24.5 Å². The molecule has 3 rings (SSSR count). The zero-order chi connectivity index (χ0) is 16.1. The van der Waals surface area contributed by atoms with Crippen molar-refractivity contribution in [1.29, 1.82) is 0 Å². The molecule has 2 heterocycles. The maximum atomic E-state index is 11.7. The molecule has 7 heteroatoms. The number of hydrogen-bond acceptors (Lipinski definition) is 5. The fourth-order valence-corrected chi connectivity index (χ4v) is 3.13. The minimum atomic E-state index is -0.827. The molecule has 0 unspecified atom stereocenters. The molecule has 0 bridgehead atoms. The zero-order valence-electron chi connectivity index (χ0n) is 12.5. The highest BCUT2D eigenvalue weighted by molar-refractivity contribution is 6.01. The lowest BCUT2D eigenvalue weighted by atomic mass is 9.85. The van der Waals surface area contributed by atoms with E-state index in [4.69, 9.17) is 5.73 Å². The summed E-state index contributed by atoms with van der Waals surface area (Å²) < 4.78 is 1.64. The Hall–Kier alpha value is -2.12. The largest absolute Gasteiger partial charge is 0.390 e. The number of rotatable bonds is 3. The van der Waals surface area contributed by atoms with Crippen LogP contribution in [0.3, 0.4) is 0 Å². The molecule has 7 nitrogen and oxygen atoms in total. The highest BCUT2D eigenvalue weighted by Gasteiger charge is 2.48. The van der Waals surface area contributed by atoms with Gasteiger partial charge in [-0.15, -0.1) is 0 Å². The van der Waals surface area contributed by atoms with Crippen molar-refractivity contribution in [2.24, 2.45) is 11.1 Å². The van der Waals surface area contributed by atoms with Crippen molar-refractivity contribution in [1.82, 2.24) is 9.61 Å². The molecule has 1 saturated carbocycles. The summed E-state index contributed by atoms with van der Waals surface area (Å²) in [5.41, 5.74) is 6.49. The standard InChI is InChI=1S/C15H20N4O3/c1-15(2)11(6-10(20)13(15)21)18-12-8(14(16)22)7-17-19-5-3-4-9(12)19/h3-5,7,10-11,13,18,20-21H,6H2,1-2H3,(H2,16,22)/t10-,11-,13+/m0/s1. The molecule has 0 aromatic carbocycles. The van der Waals surface area contributed by atoms with Gasteiger partial charge in [-0.25, -0.2) is 4.52 Å². The molecular formula is C15H20N4O3. The number of nitrogens with zero attached hydrogens (tertiary/aromatic N) is 2. The summed E-state index contributed by atoms with van der Waals surface area (Å²) in [6.45, 7) is 3.76. The smallest absolute Gasteiger partial charge is 0.252 e. The summed E-state index contributed by atoms with van der Waals surface area (Å²) in [5.74, 6) is -0.574. The van der Waals surface area contributed by atoms with E-state index in [1.54, 1.807) is 10.7 Å². The molecule has 3 atom stereocenters. The molecule has 5 N–H and O–H groups in total. The van der Waals surface area contributed by atoms with Crippen LogP contribution in [0, 0.1) is 5.41 Å². The maximum absolute atomic E-state index is 11.7. The van der Waals surface area contributed by atoms with E-state index < -0.39 is 23.5 Å². The number of aliphatic hydroxyl groups is 2. The van der Waals surface area contributed by atoms with Crippen LogP contribution in [-0.2, 0) is 0 Å². The SMILES string of the molecule is CC1(C)[C@@H](Nc2c(C(N)=O)cnn3cccc23)C[C@H](O)[C@H]1O. The van der Waals surface area contributed by atoms with Crippen LogP contribution in [0.5, 0.6) is 0 Å². The number of aromatic nitrogens is 2. The topological polar surface area (TPSA) is 113 Å². The van der Waals surface area contributed by atoms with Crippen molar-refractivity contribution in [3.8, 4) is 0 Å². The van der Waals surface area contributed by atoms with Gasteiger partial charge in [0.25, 0.3) is 5.91 Å². The molecule has 0 saturated heterocycles. The summed E-state index contributed by atoms with van der Waals surface area (Å²) in [7, 11) is 0. The third-order valence-corrected chi connectivity index (χ3v) is 4.65. The average molecular weight is 304 g/mol. The Bertz CT molecular complexity index is 725. The number of carbonyl (C=O) groups excluding carboxylic acids is 1. The quantitative estimate of drug-likeness (QED) is 0.654. The van der Waals surface area contributed by atoms with Crippen molar-refractivity contribution in [3.63, 3.8) is 0 Å². The van der Waals surface area contributed by atoms with Gasteiger partial charge in [0.15, 0.2) is 0 Å². The lowest BCUT2D eigenvalue weighted by Gasteiger charge is -2.31. The second kappa shape index (κ2) is 4.96. The van der Waals surface area contributed by atoms with Crippen molar-refractivity contribution in [2.45, 2.75) is 38.5 Å². The molecule has 2 aromatic heterocycles. The van der Waals surface area contributed by atoms with Crippen LogP contribution in [0.2, 0.25) is 0 Å². The van der Waals surface area contributed by atoms with Crippen molar-refractivity contribution >= 4 is 17.1 Å². The van der Waals surface area contributed by atoms with Gasteiger partial charge >= 0.3 is 0 Å². The highest BCUT2D eigenvalue weighted by Crippen LogP contribution is 2.40. The van der Waals surface area contributed by atoms with Crippen molar-refractivity contribution in [3.05, 3.63) is 30.1 Å². The van der Waals surface area contributed by atoms with Crippen LogP contribution in [0.25, 0.3) is 5.52 Å². The van der Waals surface area contributed by atoms with Gasteiger partial charge in [-0.2, -0.15) is 5.10 Å². The van der Waals surface area contributed by atoms with E-state index in [-0.39, 0.29) is 11.6 Å². The van der Waals surface area contributed by atoms with Gasteiger partial charge in [0.1, 0.15) is 0 Å². The Balaban J connectivity index is 2.05. The number of amides is 1. The van der Waals surface area contributed by atoms with Crippen molar-refractivity contribution in [2.75, 3.05) is 5.32 Å². The number of aliphatic hydroxyl groups excluding tert-OH is 2. The number of nitrogens with two attached hydrogens (primary N) is 1. The van der Waals surface area contributed by atoms with E-state index in [0.29, 0.717) is 12.1 Å². The molecule has 0 spiro atoms. The lowest BCUT2D eigenvalue weighted by molar-refractivity contribution is -0.00805. The van der Waals surface area contributed by atoms with Gasteiger partial charge in [0.2, 0.25) is 0 Å². The average Bonchev–Trinajstić information content (AvgIpc) is 2.99. The van der Waals surface area contributed by atoms with E-state index in [1.807, 2.05) is 26.0 Å². The summed E-state index contributed by atoms with van der Waals surface area (Å²) >= 11 is 0. The summed E-state index contributed by atoms with van der Waals surface area (Å²) in [4.78, 5) is 11.7. The first-order valence-corrected chi connectivity index (χ1v) is 7.21. The Kier molecular flexibility index (Phi) is 3.34. The van der Waals surface area contributed by atoms with Gasteiger partial charge in [0, 0.05) is 17.7 Å².